The molecule has 1 aromatic carbocycles. The molecule has 0 amide bonds. The predicted octanol–water partition coefficient (Wildman–Crippen LogP) is 2.95. The fraction of sp³-hybridized carbons (Fsp3) is 0.294. The molecule has 0 saturated carbocycles. The minimum absolute atomic E-state index is 0.0998. The van der Waals surface area contributed by atoms with Gasteiger partial charge in [0.1, 0.15) is 0 Å². The van der Waals surface area contributed by atoms with Crippen molar-refractivity contribution in [3.05, 3.63) is 63.0 Å². The summed E-state index contributed by atoms with van der Waals surface area (Å²) in [5.41, 5.74) is 0.703. The lowest BCUT2D eigenvalue weighted by atomic mass is 10.1. The number of pyridine rings is 1. The number of benzene rings is 1. The quantitative estimate of drug-likeness (QED) is 0.728. The summed E-state index contributed by atoms with van der Waals surface area (Å²) in [7, 11) is -1.42. The van der Waals surface area contributed by atoms with Crippen LogP contribution in [0.1, 0.15) is 29.4 Å². The second kappa shape index (κ2) is 8.80. The van der Waals surface area contributed by atoms with Crippen LogP contribution < -0.4 is 10.2 Å². The molecule has 2 aromatic rings. The number of ketones is 1. The molecule has 1 aromatic heterocycles. The molecule has 1 heterocycles. The van der Waals surface area contributed by atoms with Crippen LogP contribution >= 0.6 is 11.6 Å². The predicted molar refractivity (Wildman–Crippen MR) is 95.3 cm³/mol. The number of H-pyrrole nitrogens is 1. The van der Waals surface area contributed by atoms with Crippen LogP contribution in [0.4, 0.5) is 0 Å². The summed E-state index contributed by atoms with van der Waals surface area (Å²) in [5.74, 6) is -0.000674. The van der Waals surface area contributed by atoms with E-state index in [-0.39, 0.29) is 28.5 Å². The highest BCUT2D eigenvalue weighted by atomic mass is 35.5. The van der Waals surface area contributed by atoms with Crippen molar-refractivity contribution in [3.8, 4) is 5.75 Å². The first-order chi connectivity index (χ1) is 11.5. The minimum Gasteiger partial charge on any atom is -0.488 e. The number of carbonyl (C=O) groups is 1. The van der Waals surface area contributed by atoms with Gasteiger partial charge >= 0.3 is 0 Å². The first-order valence-corrected chi connectivity index (χ1v) is 9.34. The molecule has 0 fully saturated rings. The Labute approximate surface area is 147 Å². The number of nitrogens with one attached hydrogen (secondary N) is 1. The number of ether oxygens (including phenoxy) is 1. The molecule has 0 spiro atoms. The third kappa shape index (κ3) is 5.32. The van der Waals surface area contributed by atoms with Crippen molar-refractivity contribution in [2.75, 3.05) is 12.4 Å². The molecule has 5 nitrogen and oxygen atoms in total. The molecular weight excluding hydrogens is 350 g/mol. The molecule has 1 N–H and O–H groups in total. The van der Waals surface area contributed by atoms with Gasteiger partial charge in [0.2, 0.25) is 5.43 Å². The van der Waals surface area contributed by atoms with E-state index in [9.17, 15) is 13.8 Å². The summed E-state index contributed by atoms with van der Waals surface area (Å²) in [5, 5.41) is 0.538. The van der Waals surface area contributed by atoms with Gasteiger partial charge in [0, 0.05) is 39.3 Å². The van der Waals surface area contributed by atoms with Crippen LogP contribution in [0.2, 0.25) is 5.02 Å². The van der Waals surface area contributed by atoms with Crippen LogP contribution in [0.25, 0.3) is 0 Å². The normalized spacial score (nSPS) is 11.9. The zero-order chi connectivity index (χ0) is 17.5. The van der Waals surface area contributed by atoms with Crippen molar-refractivity contribution >= 4 is 28.2 Å². The monoisotopic (exact) mass is 367 g/mol. The summed E-state index contributed by atoms with van der Waals surface area (Å²) in [6, 6.07) is 7.79. The number of Topliss-reactive ketones (excluding diaryl/α,β-unsaturated/α-hetero) is 1. The number of carbonyl (C=O) groups excluding carboxylic acids is 1. The average Bonchev–Trinajstić information content (AvgIpc) is 2.54. The second-order valence-electron chi connectivity index (χ2n) is 5.19. The Bertz CT molecular complexity index is 786. The van der Waals surface area contributed by atoms with Gasteiger partial charge in [0.15, 0.2) is 11.5 Å². The lowest BCUT2D eigenvalue weighted by molar-refractivity contribution is 0.102. The average molecular weight is 368 g/mol. The zero-order valence-electron chi connectivity index (χ0n) is 13.2. The summed E-state index contributed by atoms with van der Waals surface area (Å²) in [6.45, 7) is 2.41. The van der Waals surface area contributed by atoms with Gasteiger partial charge in [-0.3, -0.25) is 13.8 Å². The third-order valence-electron chi connectivity index (χ3n) is 3.17. The number of hydrogen-bond acceptors (Lipinski definition) is 4. The van der Waals surface area contributed by atoms with Gasteiger partial charge < -0.3 is 9.72 Å². The van der Waals surface area contributed by atoms with Gasteiger partial charge in [-0.05, 0) is 30.7 Å². The van der Waals surface area contributed by atoms with Crippen LogP contribution in [0, 0.1) is 0 Å². The standard InChI is InChI=1S/C17H18ClNO4S/c1-2-7-23-17-9-19-14(8-15(17)20)10-24(22)11-16(21)12-3-5-13(18)6-4-12/h3-6,8-9H,2,7,10-11H2,1H3,(H,19,20). The highest BCUT2D eigenvalue weighted by molar-refractivity contribution is 7.85. The Kier molecular flexibility index (Phi) is 6.75. The minimum atomic E-state index is -1.42. The van der Waals surface area contributed by atoms with Crippen LogP contribution in [0.15, 0.2) is 41.3 Å². The zero-order valence-corrected chi connectivity index (χ0v) is 14.8. The highest BCUT2D eigenvalue weighted by Crippen LogP contribution is 2.11. The van der Waals surface area contributed by atoms with Crippen LogP contribution in [-0.2, 0) is 16.6 Å². The topological polar surface area (TPSA) is 76.2 Å². The molecule has 0 aliphatic rings. The number of aromatic nitrogens is 1. The molecule has 2 rings (SSSR count). The van der Waals surface area contributed by atoms with Crippen LogP contribution in [-0.4, -0.2) is 27.3 Å². The fourth-order valence-corrected chi connectivity index (χ4v) is 3.20. The molecule has 0 bridgehead atoms. The molecular formula is C17H18ClNO4S. The van der Waals surface area contributed by atoms with E-state index >= 15 is 0 Å². The van der Waals surface area contributed by atoms with Crippen molar-refractivity contribution in [1.82, 2.24) is 4.98 Å². The number of rotatable bonds is 8. The van der Waals surface area contributed by atoms with Crippen molar-refractivity contribution < 1.29 is 13.7 Å². The van der Waals surface area contributed by atoms with Gasteiger partial charge in [0.05, 0.1) is 18.1 Å². The Morgan fingerprint density at radius 3 is 2.62 bits per heavy atom. The second-order valence-corrected chi connectivity index (χ2v) is 7.09. The molecule has 1 unspecified atom stereocenters. The lowest BCUT2D eigenvalue weighted by Gasteiger charge is -2.06. The number of halogens is 1. The van der Waals surface area contributed by atoms with E-state index < -0.39 is 10.8 Å². The highest BCUT2D eigenvalue weighted by Gasteiger charge is 2.12. The van der Waals surface area contributed by atoms with E-state index in [1.165, 1.54) is 12.3 Å². The van der Waals surface area contributed by atoms with Crippen molar-refractivity contribution in [1.29, 1.82) is 0 Å². The summed E-state index contributed by atoms with van der Waals surface area (Å²) < 4.78 is 17.4. The Morgan fingerprint density at radius 2 is 2.00 bits per heavy atom. The van der Waals surface area contributed by atoms with Crippen molar-refractivity contribution in [2.24, 2.45) is 0 Å². The van der Waals surface area contributed by atoms with E-state index in [0.29, 0.717) is 22.9 Å². The largest absolute Gasteiger partial charge is 0.488 e. The van der Waals surface area contributed by atoms with E-state index in [0.717, 1.165) is 6.42 Å². The fourth-order valence-electron chi connectivity index (χ4n) is 2.00. The van der Waals surface area contributed by atoms with Gasteiger partial charge in [-0.1, -0.05) is 18.5 Å². The van der Waals surface area contributed by atoms with Gasteiger partial charge in [0.25, 0.3) is 0 Å². The molecule has 128 valence electrons. The number of hydrogen-bond donors (Lipinski definition) is 1. The first-order valence-electron chi connectivity index (χ1n) is 7.47. The maximum absolute atomic E-state index is 12.1. The molecule has 0 aliphatic carbocycles. The van der Waals surface area contributed by atoms with Gasteiger partial charge in [-0.2, -0.15) is 0 Å². The van der Waals surface area contributed by atoms with Crippen LogP contribution in [0.5, 0.6) is 5.75 Å². The summed E-state index contributed by atoms with van der Waals surface area (Å²) >= 11 is 5.77. The van der Waals surface area contributed by atoms with E-state index in [4.69, 9.17) is 16.3 Å². The van der Waals surface area contributed by atoms with Crippen LogP contribution in [0.3, 0.4) is 0 Å². The molecule has 0 radical (unpaired) electrons. The molecule has 1 atom stereocenters. The SMILES string of the molecule is CCCOc1c[nH]c(CS(=O)CC(=O)c2ccc(Cl)cc2)cc1=O. The maximum atomic E-state index is 12.1. The third-order valence-corrected chi connectivity index (χ3v) is 4.64. The molecule has 0 saturated heterocycles. The van der Waals surface area contributed by atoms with Crippen molar-refractivity contribution in [3.63, 3.8) is 0 Å². The van der Waals surface area contributed by atoms with Gasteiger partial charge in [-0.25, -0.2) is 0 Å². The van der Waals surface area contributed by atoms with Gasteiger partial charge in [-0.15, -0.1) is 0 Å². The summed E-state index contributed by atoms with van der Waals surface area (Å²) in [4.78, 5) is 26.8. The molecule has 24 heavy (non-hydrogen) atoms. The molecule has 7 heteroatoms. The Morgan fingerprint density at radius 1 is 1.29 bits per heavy atom. The lowest BCUT2D eigenvalue weighted by Crippen LogP contribution is -2.15. The Balaban J connectivity index is 1.97. The number of aromatic amines is 1. The van der Waals surface area contributed by atoms with E-state index in [2.05, 4.69) is 4.98 Å². The smallest absolute Gasteiger partial charge is 0.223 e. The maximum Gasteiger partial charge on any atom is 0.223 e. The first kappa shape index (κ1) is 18.4. The Hall–Kier alpha value is -1.92. The summed E-state index contributed by atoms with van der Waals surface area (Å²) in [6.07, 6.45) is 2.27. The van der Waals surface area contributed by atoms with Crippen molar-refractivity contribution in [2.45, 2.75) is 19.1 Å². The van der Waals surface area contributed by atoms with E-state index in [1.807, 2.05) is 6.92 Å². The van der Waals surface area contributed by atoms with E-state index in [1.54, 1.807) is 24.3 Å². The molecule has 0 aliphatic heterocycles.